The van der Waals surface area contributed by atoms with Gasteiger partial charge in [0.05, 0.1) is 19.3 Å². The molecule has 2 atom stereocenters. The van der Waals surface area contributed by atoms with Crippen LogP contribution in [0.15, 0.2) is 11.6 Å². The van der Waals surface area contributed by atoms with Crippen LogP contribution in [0.4, 0.5) is 0 Å². The second-order valence-electron chi connectivity index (χ2n) is 4.34. The van der Waals surface area contributed by atoms with Crippen molar-refractivity contribution < 1.29 is 9.84 Å². The average molecular weight is 196 g/mol. The minimum atomic E-state index is 0.155. The highest BCUT2D eigenvalue weighted by Gasteiger charge is 2.29. The molecule has 1 fully saturated rings. The Balaban J connectivity index is 1.95. The van der Waals surface area contributed by atoms with Crippen molar-refractivity contribution in [1.29, 1.82) is 0 Å². The molecule has 0 heterocycles. The van der Waals surface area contributed by atoms with Crippen LogP contribution in [0, 0.1) is 5.92 Å². The molecular formula is C12H20O2. The van der Waals surface area contributed by atoms with Crippen molar-refractivity contribution in [1.82, 2.24) is 0 Å². The first-order valence-electron chi connectivity index (χ1n) is 5.83. The Bertz CT molecular complexity index is 210. The highest BCUT2D eigenvalue weighted by Crippen LogP contribution is 2.37. The van der Waals surface area contributed by atoms with Gasteiger partial charge in [-0.3, -0.25) is 0 Å². The summed E-state index contributed by atoms with van der Waals surface area (Å²) in [6.07, 6.45) is 10.4. The van der Waals surface area contributed by atoms with Crippen molar-refractivity contribution in [2.24, 2.45) is 5.92 Å². The molecule has 0 aromatic heterocycles. The van der Waals surface area contributed by atoms with Crippen molar-refractivity contribution in [2.75, 3.05) is 13.2 Å². The van der Waals surface area contributed by atoms with Gasteiger partial charge in [0, 0.05) is 5.92 Å². The Morgan fingerprint density at radius 3 is 3.14 bits per heavy atom. The van der Waals surface area contributed by atoms with E-state index < -0.39 is 0 Å². The van der Waals surface area contributed by atoms with Crippen molar-refractivity contribution >= 4 is 0 Å². The van der Waals surface area contributed by atoms with Gasteiger partial charge < -0.3 is 9.84 Å². The minimum Gasteiger partial charge on any atom is -0.394 e. The van der Waals surface area contributed by atoms with Crippen molar-refractivity contribution in [2.45, 2.75) is 44.6 Å². The first-order chi connectivity index (χ1) is 6.92. The second-order valence-corrected chi connectivity index (χ2v) is 4.34. The lowest BCUT2D eigenvalue weighted by Gasteiger charge is -2.35. The molecule has 0 aromatic rings. The first-order valence-corrected chi connectivity index (χ1v) is 5.83. The van der Waals surface area contributed by atoms with Gasteiger partial charge in [-0.1, -0.05) is 18.1 Å². The Morgan fingerprint density at radius 1 is 1.36 bits per heavy atom. The monoisotopic (exact) mass is 196 g/mol. The van der Waals surface area contributed by atoms with E-state index in [0.717, 1.165) is 6.42 Å². The van der Waals surface area contributed by atoms with Gasteiger partial charge in [-0.25, -0.2) is 0 Å². The van der Waals surface area contributed by atoms with E-state index in [9.17, 15) is 0 Å². The molecule has 1 N–H and O–H groups in total. The molecule has 1 saturated carbocycles. The molecule has 0 bridgehead atoms. The number of aliphatic hydroxyl groups is 1. The fourth-order valence-electron chi connectivity index (χ4n) is 2.78. The summed E-state index contributed by atoms with van der Waals surface area (Å²) in [7, 11) is 0. The van der Waals surface area contributed by atoms with Gasteiger partial charge in [-0.05, 0) is 32.1 Å². The van der Waals surface area contributed by atoms with Crippen LogP contribution < -0.4 is 0 Å². The summed E-state index contributed by atoms with van der Waals surface area (Å²) in [6.45, 7) is 0.663. The topological polar surface area (TPSA) is 29.5 Å². The minimum absolute atomic E-state index is 0.155. The molecular weight excluding hydrogens is 176 g/mol. The first kappa shape index (κ1) is 10.2. The number of fused-ring (bicyclic) bond motifs is 1. The molecule has 0 spiro atoms. The lowest BCUT2D eigenvalue weighted by atomic mass is 9.76. The zero-order valence-electron chi connectivity index (χ0n) is 8.74. The molecule has 2 aliphatic rings. The predicted molar refractivity (Wildman–Crippen MR) is 56.1 cm³/mol. The maximum atomic E-state index is 8.75. The van der Waals surface area contributed by atoms with Crippen LogP contribution in [-0.2, 0) is 4.74 Å². The molecule has 0 radical (unpaired) electrons. The Kier molecular flexibility index (Phi) is 3.60. The molecule has 2 rings (SSSR count). The van der Waals surface area contributed by atoms with E-state index in [1.54, 1.807) is 5.57 Å². The largest absolute Gasteiger partial charge is 0.394 e. The summed E-state index contributed by atoms with van der Waals surface area (Å²) in [6, 6.07) is 0. The van der Waals surface area contributed by atoms with E-state index in [0.29, 0.717) is 18.6 Å². The summed E-state index contributed by atoms with van der Waals surface area (Å²) in [5, 5.41) is 8.75. The Morgan fingerprint density at radius 2 is 2.29 bits per heavy atom. The van der Waals surface area contributed by atoms with Gasteiger partial charge in [-0.2, -0.15) is 0 Å². The number of aliphatic hydroxyl groups excluding tert-OH is 1. The maximum absolute atomic E-state index is 8.75. The van der Waals surface area contributed by atoms with Crippen LogP contribution in [-0.4, -0.2) is 24.4 Å². The van der Waals surface area contributed by atoms with Gasteiger partial charge in [0.25, 0.3) is 0 Å². The Hall–Kier alpha value is -0.340. The van der Waals surface area contributed by atoms with Crippen LogP contribution in [0.2, 0.25) is 0 Å². The SMILES string of the molecule is OCCO[C@@H]1CCC=C2CCCCC21. The van der Waals surface area contributed by atoms with E-state index in [4.69, 9.17) is 9.84 Å². The molecule has 14 heavy (non-hydrogen) atoms. The van der Waals surface area contributed by atoms with Crippen LogP contribution in [0.1, 0.15) is 38.5 Å². The van der Waals surface area contributed by atoms with Crippen LogP contribution in [0.25, 0.3) is 0 Å². The third-order valence-corrected chi connectivity index (χ3v) is 3.44. The molecule has 0 saturated heterocycles. The van der Waals surface area contributed by atoms with E-state index >= 15 is 0 Å². The maximum Gasteiger partial charge on any atom is 0.0701 e. The number of ether oxygens (including phenoxy) is 1. The van der Waals surface area contributed by atoms with E-state index in [1.807, 2.05) is 0 Å². The fourth-order valence-corrected chi connectivity index (χ4v) is 2.78. The van der Waals surface area contributed by atoms with E-state index in [-0.39, 0.29) is 6.61 Å². The van der Waals surface area contributed by atoms with E-state index in [2.05, 4.69) is 6.08 Å². The second kappa shape index (κ2) is 4.94. The molecule has 80 valence electrons. The summed E-state index contributed by atoms with van der Waals surface area (Å²) < 4.78 is 5.71. The number of allylic oxidation sites excluding steroid dienone is 1. The molecule has 2 heteroatoms. The zero-order valence-corrected chi connectivity index (χ0v) is 8.74. The summed E-state index contributed by atoms with van der Waals surface area (Å²) in [4.78, 5) is 0. The van der Waals surface area contributed by atoms with Gasteiger partial charge in [0.2, 0.25) is 0 Å². The standard InChI is InChI=1S/C12H20O2/c13-8-9-14-12-7-3-5-10-4-1-2-6-11(10)12/h5,11-13H,1-4,6-9H2/t11?,12-/m1/s1. The smallest absolute Gasteiger partial charge is 0.0701 e. The van der Waals surface area contributed by atoms with Crippen LogP contribution in [0.3, 0.4) is 0 Å². The molecule has 2 nitrogen and oxygen atoms in total. The van der Waals surface area contributed by atoms with E-state index in [1.165, 1.54) is 32.1 Å². The molecule has 0 aromatic carbocycles. The number of rotatable bonds is 3. The molecule has 0 amide bonds. The highest BCUT2D eigenvalue weighted by molar-refractivity contribution is 5.14. The van der Waals surface area contributed by atoms with Gasteiger partial charge in [0.1, 0.15) is 0 Å². The number of hydrogen-bond acceptors (Lipinski definition) is 2. The summed E-state index contributed by atoms with van der Waals surface area (Å²) in [5.74, 6) is 0.670. The third-order valence-electron chi connectivity index (χ3n) is 3.44. The fraction of sp³-hybridized carbons (Fsp3) is 0.833. The van der Waals surface area contributed by atoms with Gasteiger partial charge in [-0.15, -0.1) is 0 Å². The molecule has 2 aliphatic carbocycles. The van der Waals surface area contributed by atoms with Crippen molar-refractivity contribution in [3.8, 4) is 0 Å². The number of hydrogen-bond donors (Lipinski definition) is 1. The zero-order chi connectivity index (χ0) is 9.80. The molecule has 1 unspecified atom stereocenters. The average Bonchev–Trinajstić information content (AvgIpc) is 2.26. The van der Waals surface area contributed by atoms with Crippen molar-refractivity contribution in [3.05, 3.63) is 11.6 Å². The van der Waals surface area contributed by atoms with Crippen LogP contribution >= 0.6 is 0 Å². The van der Waals surface area contributed by atoms with Crippen LogP contribution in [0.5, 0.6) is 0 Å². The normalized spacial score (nSPS) is 32.2. The van der Waals surface area contributed by atoms with Gasteiger partial charge >= 0.3 is 0 Å². The third kappa shape index (κ3) is 2.18. The van der Waals surface area contributed by atoms with Crippen molar-refractivity contribution in [3.63, 3.8) is 0 Å². The Labute approximate surface area is 86.0 Å². The highest BCUT2D eigenvalue weighted by atomic mass is 16.5. The lowest BCUT2D eigenvalue weighted by molar-refractivity contribution is -0.0100. The quantitative estimate of drug-likeness (QED) is 0.702. The summed E-state index contributed by atoms with van der Waals surface area (Å²) in [5.41, 5.74) is 1.63. The van der Waals surface area contributed by atoms with Gasteiger partial charge in [0.15, 0.2) is 0 Å². The molecule has 0 aliphatic heterocycles. The predicted octanol–water partition coefficient (Wildman–Crippen LogP) is 2.27. The summed E-state index contributed by atoms with van der Waals surface area (Å²) >= 11 is 0. The lowest BCUT2D eigenvalue weighted by Crippen LogP contribution is -2.31.